The van der Waals surface area contributed by atoms with Crippen LogP contribution in [0.15, 0.2) is 30.3 Å². The van der Waals surface area contributed by atoms with Crippen molar-refractivity contribution in [3.8, 4) is 0 Å². The molecule has 20 heavy (non-hydrogen) atoms. The Labute approximate surface area is 120 Å². The molecule has 0 aliphatic heterocycles. The highest BCUT2D eigenvalue weighted by Crippen LogP contribution is 2.27. The molecule has 2 rings (SSSR count). The molecule has 3 nitrogen and oxygen atoms in total. The number of fused-ring (bicyclic) bond motifs is 1. The van der Waals surface area contributed by atoms with Crippen LogP contribution in [0.1, 0.15) is 48.2 Å². The van der Waals surface area contributed by atoms with Crippen molar-refractivity contribution in [3.63, 3.8) is 0 Å². The topological polar surface area (TPSA) is 76.6 Å². The Morgan fingerprint density at radius 1 is 1.10 bits per heavy atom. The number of quaternary nitrogens is 1. The third kappa shape index (κ3) is 2.99. The van der Waals surface area contributed by atoms with Gasteiger partial charge in [0.1, 0.15) is 0 Å². The lowest BCUT2D eigenvalue weighted by Crippen LogP contribution is -2.25. The maximum absolute atomic E-state index is 11.6. The number of carboxylic acid groups (broad SMARTS) is 1. The van der Waals surface area contributed by atoms with Crippen molar-refractivity contribution in [2.75, 3.05) is 0 Å². The zero-order valence-electron chi connectivity index (χ0n) is 12.5. The molecule has 0 atom stereocenters. The molecule has 0 unspecified atom stereocenters. The van der Waals surface area contributed by atoms with Crippen molar-refractivity contribution in [1.82, 2.24) is 6.15 Å². The molecule has 0 radical (unpaired) electrons. The summed E-state index contributed by atoms with van der Waals surface area (Å²) in [6.45, 7) is 4.19. The first-order valence-electron chi connectivity index (χ1n) is 6.93. The summed E-state index contributed by atoms with van der Waals surface area (Å²) >= 11 is 0. The zero-order chi connectivity index (χ0) is 13.8. The summed E-state index contributed by atoms with van der Waals surface area (Å²) in [4.78, 5) is 11.6. The number of rotatable bonds is 5. The standard InChI is InChI=1S/C17H20O2.H3N/c1-3-7-12-11-13-9-5-6-10-15(13)16(17(18)19)14(12)8-4-2;/h5-6,9-11H,3-4,7-8H2,1-2H3,(H,18,19);1H3. The summed E-state index contributed by atoms with van der Waals surface area (Å²) in [6.07, 6.45) is 3.67. The van der Waals surface area contributed by atoms with Crippen LogP contribution < -0.4 is 11.3 Å². The number of aromatic carboxylic acids is 1. The lowest BCUT2D eigenvalue weighted by molar-refractivity contribution is -0.254. The fourth-order valence-electron chi connectivity index (χ4n) is 2.71. The molecular formula is C17H23NO2. The first-order chi connectivity index (χ1) is 9.19. The van der Waals surface area contributed by atoms with Gasteiger partial charge in [0, 0.05) is 5.56 Å². The average molecular weight is 273 g/mol. The second kappa shape index (κ2) is 7.06. The fourth-order valence-corrected chi connectivity index (χ4v) is 2.71. The van der Waals surface area contributed by atoms with Crippen LogP contribution in [0, 0.1) is 0 Å². The van der Waals surface area contributed by atoms with Gasteiger partial charge in [0.25, 0.3) is 0 Å². The smallest absolute Gasteiger partial charge is 0.0724 e. The predicted octanol–water partition coefficient (Wildman–Crippen LogP) is 3.48. The molecule has 0 saturated heterocycles. The number of hydrogen-bond acceptors (Lipinski definition) is 2. The Morgan fingerprint density at radius 2 is 1.75 bits per heavy atom. The molecule has 4 N–H and O–H groups in total. The minimum Gasteiger partial charge on any atom is -0.545 e. The number of carbonyl (C=O) groups is 1. The van der Waals surface area contributed by atoms with Crippen LogP contribution in [-0.4, -0.2) is 5.97 Å². The predicted molar refractivity (Wildman–Crippen MR) is 82.3 cm³/mol. The van der Waals surface area contributed by atoms with E-state index < -0.39 is 5.97 Å². The molecule has 0 fully saturated rings. The summed E-state index contributed by atoms with van der Waals surface area (Å²) in [5.74, 6) is -1.06. The van der Waals surface area contributed by atoms with Gasteiger partial charge in [-0.2, -0.15) is 0 Å². The minimum absolute atomic E-state index is 0. The molecule has 108 valence electrons. The summed E-state index contributed by atoms with van der Waals surface area (Å²) in [6, 6.07) is 9.79. The van der Waals surface area contributed by atoms with E-state index in [-0.39, 0.29) is 6.15 Å². The van der Waals surface area contributed by atoms with Crippen molar-refractivity contribution in [2.45, 2.75) is 39.5 Å². The van der Waals surface area contributed by atoms with E-state index in [1.54, 1.807) is 0 Å². The molecule has 0 heterocycles. The van der Waals surface area contributed by atoms with Gasteiger partial charge in [-0.25, -0.2) is 0 Å². The molecule has 2 aromatic rings. The van der Waals surface area contributed by atoms with Gasteiger partial charge >= 0.3 is 0 Å². The molecule has 0 amide bonds. The molecule has 0 aliphatic rings. The van der Waals surface area contributed by atoms with E-state index in [1.807, 2.05) is 24.3 Å². The molecule has 0 saturated carbocycles. The van der Waals surface area contributed by atoms with Crippen LogP contribution in [0.5, 0.6) is 0 Å². The van der Waals surface area contributed by atoms with Gasteiger partial charge in [-0.1, -0.05) is 57.0 Å². The Hall–Kier alpha value is -1.87. The Bertz CT molecular complexity index is 605. The monoisotopic (exact) mass is 273 g/mol. The van der Waals surface area contributed by atoms with Crippen LogP contribution in [0.25, 0.3) is 10.8 Å². The lowest BCUT2D eigenvalue weighted by Gasteiger charge is -2.18. The molecule has 0 spiro atoms. The van der Waals surface area contributed by atoms with Gasteiger partial charge in [0.15, 0.2) is 0 Å². The molecule has 0 aromatic heterocycles. The molecule has 2 aromatic carbocycles. The summed E-state index contributed by atoms with van der Waals surface area (Å²) in [7, 11) is 0. The van der Waals surface area contributed by atoms with Gasteiger partial charge < -0.3 is 16.1 Å². The van der Waals surface area contributed by atoms with Gasteiger partial charge in [-0.05, 0) is 34.7 Å². The Balaban J connectivity index is 0.00000200. The van der Waals surface area contributed by atoms with Crippen molar-refractivity contribution in [2.24, 2.45) is 0 Å². The van der Waals surface area contributed by atoms with Crippen molar-refractivity contribution < 1.29 is 9.90 Å². The number of benzene rings is 2. The lowest BCUT2D eigenvalue weighted by atomic mass is 9.89. The van der Waals surface area contributed by atoms with E-state index in [4.69, 9.17) is 0 Å². The number of hydrogen-bond donors (Lipinski definition) is 1. The fraction of sp³-hybridized carbons (Fsp3) is 0.353. The maximum atomic E-state index is 11.6. The highest BCUT2D eigenvalue weighted by atomic mass is 16.4. The number of carbonyl (C=O) groups excluding carboxylic acids is 1. The van der Waals surface area contributed by atoms with E-state index in [0.29, 0.717) is 5.56 Å². The van der Waals surface area contributed by atoms with E-state index in [0.717, 1.165) is 47.6 Å². The average Bonchev–Trinajstić information content (AvgIpc) is 2.39. The van der Waals surface area contributed by atoms with Crippen LogP contribution in [-0.2, 0) is 12.8 Å². The SMILES string of the molecule is CCCc1cc2ccccc2c(C(=O)[O-])c1CCC.[NH4+]. The van der Waals surface area contributed by atoms with Crippen molar-refractivity contribution >= 4 is 16.7 Å². The summed E-state index contributed by atoms with van der Waals surface area (Å²) in [5, 5.41) is 13.3. The van der Waals surface area contributed by atoms with Crippen LogP contribution in [0.2, 0.25) is 0 Å². The van der Waals surface area contributed by atoms with E-state index in [9.17, 15) is 9.90 Å². The maximum Gasteiger partial charge on any atom is 0.0724 e. The quantitative estimate of drug-likeness (QED) is 0.905. The van der Waals surface area contributed by atoms with Gasteiger partial charge in [-0.15, -0.1) is 0 Å². The minimum atomic E-state index is -1.06. The van der Waals surface area contributed by atoms with Crippen LogP contribution in [0.4, 0.5) is 0 Å². The highest BCUT2D eigenvalue weighted by Gasteiger charge is 2.13. The van der Waals surface area contributed by atoms with Crippen molar-refractivity contribution in [1.29, 1.82) is 0 Å². The van der Waals surface area contributed by atoms with Crippen LogP contribution >= 0.6 is 0 Å². The molecule has 0 aliphatic carbocycles. The normalized spacial score (nSPS) is 10.3. The number of aryl methyl sites for hydroxylation is 1. The van der Waals surface area contributed by atoms with Gasteiger partial charge in [-0.3, -0.25) is 0 Å². The second-order valence-electron chi connectivity index (χ2n) is 4.90. The van der Waals surface area contributed by atoms with E-state index in [1.165, 1.54) is 0 Å². The van der Waals surface area contributed by atoms with E-state index in [2.05, 4.69) is 19.9 Å². The zero-order valence-corrected chi connectivity index (χ0v) is 12.5. The summed E-state index contributed by atoms with van der Waals surface area (Å²) < 4.78 is 0. The largest absolute Gasteiger partial charge is 0.545 e. The molecular weight excluding hydrogens is 250 g/mol. The highest BCUT2D eigenvalue weighted by molar-refractivity contribution is 6.04. The number of carboxylic acids is 1. The third-order valence-corrected chi connectivity index (χ3v) is 3.47. The summed E-state index contributed by atoms with van der Waals surface area (Å²) in [5.41, 5.74) is 2.51. The Kier molecular flexibility index (Phi) is 5.71. The third-order valence-electron chi connectivity index (χ3n) is 3.47. The second-order valence-corrected chi connectivity index (χ2v) is 4.90. The molecule has 3 heteroatoms. The first kappa shape index (κ1) is 16.2. The molecule has 0 bridgehead atoms. The van der Waals surface area contributed by atoms with E-state index >= 15 is 0 Å². The van der Waals surface area contributed by atoms with Crippen molar-refractivity contribution in [3.05, 3.63) is 47.0 Å². The van der Waals surface area contributed by atoms with Gasteiger partial charge in [0.2, 0.25) is 0 Å². The van der Waals surface area contributed by atoms with Crippen LogP contribution in [0.3, 0.4) is 0 Å². The Morgan fingerprint density at radius 3 is 2.35 bits per heavy atom. The van der Waals surface area contributed by atoms with Gasteiger partial charge in [0.05, 0.1) is 5.97 Å². The first-order valence-corrected chi connectivity index (χ1v) is 6.93.